The van der Waals surface area contributed by atoms with Gasteiger partial charge in [-0.3, -0.25) is 0 Å². The number of oxime groups is 1. The van der Waals surface area contributed by atoms with Crippen molar-refractivity contribution in [3.63, 3.8) is 0 Å². The largest absolute Gasteiger partial charge is 0.409 e. The van der Waals surface area contributed by atoms with Crippen LogP contribution in [-0.2, 0) is 9.47 Å². The van der Waals surface area contributed by atoms with E-state index >= 15 is 0 Å². The second kappa shape index (κ2) is 6.23. The van der Waals surface area contributed by atoms with E-state index in [0.717, 1.165) is 11.3 Å². The summed E-state index contributed by atoms with van der Waals surface area (Å²) in [6.45, 7) is 4.93. The summed E-state index contributed by atoms with van der Waals surface area (Å²) in [5.74, 6) is 0.602. The zero-order chi connectivity index (χ0) is 15.6. The molecule has 0 aromatic carbocycles. The average molecular weight is 295 g/mol. The summed E-state index contributed by atoms with van der Waals surface area (Å²) in [5.41, 5.74) is 7.98. The van der Waals surface area contributed by atoms with Crippen LogP contribution in [0, 0.1) is 13.8 Å². The standard InChI is InChI=1S/C13H21N5O3/c1-7-8(2)15-16-13(11(7)12(14)17-19)18-5-9(20-3)10(6-18)21-4/h9-10,19H,5-6H2,1-4H3,(H2,14,17). The molecular formula is C13H21N5O3. The zero-order valence-electron chi connectivity index (χ0n) is 12.7. The van der Waals surface area contributed by atoms with E-state index in [1.54, 1.807) is 14.2 Å². The Morgan fingerprint density at radius 1 is 1.24 bits per heavy atom. The summed E-state index contributed by atoms with van der Waals surface area (Å²) < 4.78 is 10.8. The first kappa shape index (κ1) is 15.5. The van der Waals surface area contributed by atoms with Crippen molar-refractivity contribution in [1.29, 1.82) is 0 Å². The van der Waals surface area contributed by atoms with Gasteiger partial charge in [-0.15, -0.1) is 5.10 Å². The summed E-state index contributed by atoms with van der Waals surface area (Å²) >= 11 is 0. The Labute approximate surface area is 123 Å². The van der Waals surface area contributed by atoms with Gasteiger partial charge in [0.1, 0.15) is 12.2 Å². The molecule has 0 radical (unpaired) electrons. The first-order valence-corrected chi connectivity index (χ1v) is 6.65. The summed E-state index contributed by atoms with van der Waals surface area (Å²) in [5, 5.41) is 20.5. The van der Waals surface area contributed by atoms with Gasteiger partial charge in [0.2, 0.25) is 0 Å². The summed E-state index contributed by atoms with van der Waals surface area (Å²) in [6, 6.07) is 0. The molecule has 1 aliphatic rings. The summed E-state index contributed by atoms with van der Waals surface area (Å²) in [6.07, 6.45) is -0.114. The molecule has 1 saturated heterocycles. The van der Waals surface area contributed by atoms with Gasteiger partial charge in [-0.2, -0.15) is 5.10 Å². The number of anilines is 1. The van der Waals surface area contributed by atoms with Crippen LogP contribution in [0.15, 0.2) is 5.16 Å². The zero-order valence-corrected chi connectivity index (χ0v) is 12.7. The lowest BCUT2D eigenvalue weighted by atomic mass is 10.1. The highest BCUT2D eigenvalue weighted by Crippen LogP contribution is 2.27. The Kier molecular flexibility index (Phi) is 4.59. The number of aryl methyl sites for hydroxylation is 1. The van der Waals surface area contributed by atoms with Crippen LogP contribution >= 0.6 is 0 Å². The quantitative estimate of drug-likeness (QED) is 0.349. The number of hydrogen-bond acceptors (Lipinski definition) is 7. The van der Waals surface area contributed by atoms with Crippen molar-refractivity contribution >= 4 is 11.7 Å². The summed E-state index contributed by atoms with van der Waals surface area (Å²) in [4.78, 5) is 1.98. The molecule has 21 heavy (non-hydrogen) atoms. The molecule has 2 atom stereocenters. The minimum absolute atomic E-state index is 0.0235. The van der Waals surface area contributed by atoms with Crippen molar-refractivity contribution in [3.8, 4) is 0 Å². The Morgan fingerprint density at radius 2 is 1.81 bits per heavy atom. The fourth-order valence-corrected chi connectivity index (χ4v) is 2.54. The molecule has 2 heterocycles. The van der Waals surface area contributed by atoms with E-state index in [-0.39, 0.29) is 18.0 Å². The molecular weight excluding hydrogens is 274 g/mol. The molecule has 8 nitrogen and oxygen atoms in total. The highest BCUT2D eigenvalue weighted by molar-refractivity contribution is 6.02. The van der Waals surface area contributed by atoms with Crippen LogP contribution in [0.3, 0.4) is 0 Å². The van der Waals surface area contributed by atoms with Crippen molar-refractivity contribution in [2.75, 3.05) is 32.2 Å². The lowest BCUT2D eigenvalue weighted by Crippen LogP contribution is -2.28. The maximum absolute atomic E-state index is 9.01. The molecule has 0 saturated carbocycles. The minimum atomic E-state index is -0.0569. The minimum Gasteiger partial charge on any atom is -0.409 e. The Bertz CT molecular complexity index is 537. The normalized spacial score (nSPS) is 22.9. The third-order valence-corrected chi connectivity index (χ3v) is 3.92. The van der Waals surface area contributed by atoms with Gasteiger partial charge >= 0.3 is 0 Å². The Hall–Kier alpha value is -1.93. The first-order chi connectivity index (χ1) is 10.0. The van der Waals surface area contributed by atoms with E-state index < -0.39 is 0 Å². The van der Waals surface area contributed by atoms with Gasteiger partial charge in [0.05, 0.1) is 11.3 Å². The highest BCUT2D eigenvalue weighted by Gasteiger charge is 2.35. The van der Waals surface area contributed by atoms with Crippen LogP contribution in [0.5, 0.6) is 0 Å². The first-order valence-electron chi connectivity index (χ1n) is 6.65. The molecule has 116 valence electrons. The number of nitrogens with zero attached hydrogens (tertiary/aromatic N) is 4. The topological polar surface area (TPSA) is 106 Å². The van der Waals surface area contributed by atoms with Gasteiger partial charge in [-0.1, -0.05) is 5.16 Å². The molecule has 1 aromatic heterocycles. The van der Waals surface area contributed by atoms with Gasteiger partial charge < -0.3 is 25.3 Å². The number of ether oxygens (including phenoxy) is 2. The number of hydrogen-bond donors (Lipinski definition) is 2. The van der Waals surface area contributed by atoms with Crippen LogP contribution in [0.4, 0.5) is 5.82 Å². The third kappa shape index (κ3) is 2.77. The van der Waals surface area contributed by atoms with Crippen molar-refractivity contribution in [2.45, 2.75) is 26.1 Å². The van der Waals surface area contributed by atoms with Crippen LogP contribution in [-0.4, -0.2) is 60.8 Å². The molecule has 0 aliphatic carbocycles. The fraction of sp³-hybridized carbons (Fsp3) is 0.615. The lowest BCUT2D eigenvalue weighted by molar-refractivity contribution is -0.00461. The van der Waals surface area contributed by atoms with Gasteiger partial charge in [0.25, 0.3) is 0 Å². The molecule has 1 aliphatic heterocycles. The van der Waals surface area contributed by atoms with Gasteiger partial charge in [0, 0.05) is 27.3 Å². The Balaban J connectivity index is 2.43. The molecule has 3 N–H and O–H groups in total. The van der Waals surface area contributed by atoms with E-state index in [4.69, 9.17) is 20.4 Å². The second-order valence-corrected chi connectivity index (χ2v) is 5.05. The number of amidine groups is 1. The van der Waals surface area contributed by atoms with Crippen LogP contribution in [0.1, 0.15) is 16.8 Å². The molecule has 2 rings (SSSR count). The van der Waals surface area contributed by atoms with Crippen molar-refractivity contribution in [2.24, 2.45) is 10.9 Å². The number of methoxy groups -OCH3 is 2. The molecule has 1 aromatic rings. The highest BCUT2D eigenvalue weighted by atomic mass is 16.5. The molecule has 8 heteroatoms. The molecule has 1 fully saturated rings. The van der Waals surface area contributed by atoms with Gasteiger partial charge in [-0.05, 0) is 19.4 Å². The molecule has 0 bridgehead atoms. The average Bonchev–Trinajstić information content (AvgIpc) is 2.92. The van der Waals surface area contributed by atoms with E-state index in [1.807, 2.05) is 18.7 Å². The maximum atomic E-state index is 9.01. The monoisotopic (exact) mass is 295 g/mol. The van der Waals surface area contributed by atoms with Crippen LogP contribution in [0.2, 0.25) is 0 Å². The third-order valence-electron chi connectivity index (χ3n) is 3.92. The SMILES string of the molecule is COC1CN(c2nnc(C)c(C)c2C(N)=NO)CC1OC. The lowest BCUT2D eigenvalue weighted by Gasteiger charge is -2.21. The number of nitrogens with two attached hydrogens (primary N) is 1. The van der Waals surface area contributed by atoms with E-state index in [1.165, 1.54) is 0 Å². The molecule has 0 amide bonds. The smallest absolute Gasteiger partial charge is 0.174 e. The van der Waals surface area contributed by atoms with Crippen LogP contribution < -0.4 is 10.6 Å². The van der Waals surface area contributed by atoms with Crippen molar-refractivity contribution < 1.29 is 14.7 Å². The van der Waals surface area contributed by atoms with Crippen LogP contribution in [0.25, 0.3) is 0 Å². The van der Waals surface area contributed by atoms with E-state index in [0.29, 0.717) is 24.5 Å². The predicted molar refractivity (Wildman–Crippen MR) is 77.8 cm³/mol. The number of aromatic nitrogens is 2. The predicted octanol–water partition coefficient (Wildman–Crippen LogP) is 0.0379. The van der Waals surface area contributed by atoms with Gasteiger partial charge in [-0.25, -0.2) is 0 Å². The number of rotatable bonds is 4. The van der Waals surface area contributed by atoms with E-state index in [2.05, 4.69) is 15.4 Å². The molecule has 2 unspecified atom stereocenters. The van der Waals surface area contributed by atoms with E-state index in [9.17, 15) is 0 Å². The fourth-order valence-electron chi connectivity index (χ4n) is 2.54. The molecule has 0 spiro atoms. The Morgan fingerprint density at radius 3 is 2.29 bits per heavy atom. The van der Waals surface area contributed by atoms with Crippen molar-refractivity contribution in [3.05, 3.63) is 16.8 Å². The van der Waals surface area contributed by atoms with Crippen molar-refractivity contribution in [1.82, 2.24) is 10.2 Å². The second-order valence-electron chi connectivity index (χ2n) is 5.05. The summed E-state index contributed by atoms with van der Waals surface area (Å²) in [7, 11) is 3.30. The van der Waals surface area contributed by atoms with Gasteiger partial charge in [0.15, 0.2) is 11.7 Å². The maximum Gasteiger partial charge on any atom is 0.174 e.